The quantitative estimate of drug-likeness (QED) is 0.729. The van der Waals surface area contributed by atoms with E-state index in [0.29, 0.717) is 25.6 Å². The SMILES string of the molecule is COCCN(CC(C)C)C(=O)c1cccc(F)n1. The molecule has 0 saturated carbocycles. The van der Waals surface area contributed by atoms with Crippen LogP contribution in [0.3, 0.4) is 0 Å². The van der Waals surface area contributed by atoms with E-state index in [4.69, 9.17) is 4.74 Å². The maximum atomic E-state index is 13.0. The van der Waals surface area contributed by atoms with E-state index in [9.17, 15) is 9.18 Å². The summed E-state index contributed by atoms with van der Waals surface area (Å²) in [4.78, 5) is 17.4. The molecular formula is C13H19FN2O2. The highest BCUT2D eigenvalue weighted by atomic mass is 19.1. The first-order valence-electron chi connectivity index (χ1n) is 5.95. The van der Waals surface area contributed by atoms with Gasteiger partial charge in [-0.25, -0.2) is 4.98 Å². The Morgan fingerprint density at radius 1 is 1.50 bits per heavy atom. The fourth-order valence-electron chi connectivity index (χ4n) is 1.61. The number of hydrogen-bond donors (Lipinski definition) is 0. The van der Waals surface area contributed by atoms with Crippen LogP contribution in [0.15, 0.2) is 18.2 Å². The van der Waals surface area contributed by atoms with Crippen molar-refractivity contribution in [1.82, 2.24) is 9.88 Å². The molecule has 0 bridgehead atoms. The highest BCUT2D eigenvalue weighted by Crippen LogP contribution is 2.06. The van der Waals surface area contributed by atoms with Crippen LogP contribution in [0.1, 0.15) is 24.3 Å². The molecule has 1 amide bonds. The van der Waals surface area contributed by atoms with Gasteiger partial charge in [0.05, 0.1) is 6.61 Å². The Kier molecular flexibility index (Phi) is 5.71. The van der Waals surface area contributed by atoms with E-state index < -0.39 is 5.95 Å². The van der Waals surface area contributed by atoms with Gasteiger partial charge in [0, 0.05) is 20.2 Å². The molecule has 0 radical (unpaired) electrons. The van der Waals surface area contributed by atoms with E-state index >= 15 is 0 Å². The van der Waals surface area contributed by atoms with Gasteiger partial charge in [0.2, 0.25) is 5.95 Å². The van der Waals surface area contributed by atoms with E-state index in [0.717, 1.165) is 0 Å². The van der Waals surface area contributed by atoms with E-state index in [2.05, 4.69) is 4.98 Å². The van der Waals surface area contributed by atoms with Gasteiger partial charge < -0.3 is 9.64 Å². The fraction of sp³-hybridized carbons (Fsp3) is 0.538. The Morgan fingerprint density at radius 2 is 2.22 bits per heavy atom. The summed E-state index contributed by atoms with van der Waals surface area (Å²) >= 11 is 0. The molecule has 0 atom stereocenters. The molecule has 0 N–H and O–H groups in total. The normalized spacial score (nSPS) is 10.7. The molecule has 5 heteroatoms. The number of hydrogen-bond acceptors (Lipinski definition) is 3. The lowest BCUT2D eigenvalue weighted by Crippen LogP contribution is -2.37. The predicted octanol–water partition coefficient (Wildman–Crippen LogP) is 1.97. The van der Waals surface area contributed by atoms with Gasteiger partial charge in [0.25, 0.3) is 5.91 Å². The van der Waals surface area contributed by atoms with Crippen LogP contribution < -0.4 is 0 Å². The molecule has 18 heavy (non-hydrogen) atoms. The predicted molar refractivity (Wildman–Crippen MR) is 66.8 cm³/mol. The molecule has 0 fully saturated rings. The van der Waals surface area contributed by atoms with Crippen LogP contribution in [0, 0.1) is 11.9 Å². The van der Waals surface area contributed by atoms with Crippen molar-refractivity contribution in [1.29, 1.82) is 0 Å². The van der Waals surface area contributed by atoms with Crippen LogP contribution in [-0.2, 0) is 4.74 Å². The molecule has 0 aromatic carbocycles. The Morgan fingerprint density at radius 3 is 2.78 bits per heavy atom. The number of ether oxygens (including phenoxy) is 1. The van der Waals surface area contributed by atoms with Crippen molar-refractivity contribution < 1.29 is 13.9 Å². The summed E-state index contributed by atoms with van der Waals surface area (Å²) in [6, 6.07) is 4.23. The topological polar surface area (TPSA) is 42.4 Å². The van der Waals surface area contributed by atoms with Gasteiger partial charge >= 0.3 is 0 Å². The first kappa shape index (κ1) is 14.6. The van der Waals surface area contributed by atoms with Crippen molar-refractivity contribution in [3.8, 4) is 0 Å². The summed E-state index contributed by atoms with van der Waals surface area (Å²) in [5, 5.41) is 0. The molecule has 0 aliphatic heterocycles. The Bertz CT molecular complexity index is 396. The molecule has 0 saturated heterocycles. The first-order valence-corrected chi connectivity index (χ1v) is 5.95. The third kappa shape index (κ3) is 4.41. The number of nitrogens with zero attached hydrogens (tertiary/aromatic N) is 2. The monoisotopic (exact) mass is 254 g/mol. The number of aromatic nitrogens is 1. The van der Waals surface area contributed by atoms with Crippen molar-refractivity contribution in [2.24, 2.45) is 5.92 Å². The van der Waals surface area contributed by atoms with Crippen LogP contribution in [0.25, 0.3) is 0 Å². The minimum absolute atomic E-state index is 0.131. The number of rotatable bonds is 6. The minimum atomic E-state index is -0.642. The Balaban J connectivity index is 2.80. The average Bonchev–Trinajstić information content (AvgIpc) is 2.33. The van der Waals surface area contributed by atoms with Crippen LogP contribution >= 0.6 is 0 Å². The summed E-state index contributed by atoms with van der Waals surface area (Å²) in [6.45, 7) is 5.57. The molecule has 1 aromatic rings. The lowest BCUT2D eigenvalue weighted by molar-refractivity contribution is 0.0665. The first-order chi connectivity index (χ1) is 8.54. The van der Waals surface area contributed by atoms with Gasteiger partial charge in [-0.05, 0) is 18.1 Å². The van der Waals surface area contributed by atoms with Crippen LogP contribution in [-0.4, -0.2) is 42.6 Å². The van der Waals surface area contributed by atoms with Crippen molar-refractivity contribution >= 4 is 5.91 Å². The van der Waals surface area contributed by atoms with Crippen molar-refractivity contribution in [2.75, 3.05) is 26.8 Å². The fourth-order valence-corrected chi connectivity index (χ4v) is 1.61. The zero-order valence-electron chi connectivity index (χ0n) is 11.0. The number of pyridine rings is 1. The number of methoxy groups -OCH3 is 1. The maximum Gasteiger partial charge on any atom is 0.272 e. The lowest BCUT2D eigenvalue weighted by atomic mass is 10.2. The molecule has 0 spiro atoms. The summed E-state index contributed by atoms with van der Waals surface area (Å²) in [5.74, 6) is -0.572. The molecule has 0 aliphatic carbocycles. The van der Waals surface area contributed by atoms with Crippen molar-refractivity contribution in [3.05, 3.63) is 29.8 Å². The van der Waals surface area contributed by atoms with Crippen molar-refractivity contribution in [2.45, 2.75) is 13.8 Å². The number of carbonyl (C=O) groups is 1. The molecule has 1 aromatic heterocycles. The van der Waals surface area contributed by atoms with Crippen LogP contribution in [0.2, 0.25) is 0 Å². The number of carbonyl (C=O) groups excluding carboxylic acids is 1. The molecule has 0 aliphatic rings. The third-order valence-corrected chi connectivity index (χ3v) is 2.37. The van der Waals surface area contributed by atoms with Crippen molar-refractivity contribution in [3.63, 3.8) is 0 Å². The van der Waals surface area contributed by atoms with Crippen LogP contribution in [0.4, 0.5) is 4.39 Å². The lowest BCUT2D eigenvalue weighted by Gasteiger charge is -2.23. The van der Waals surface area contributed by atoms with E-state index in [1.807, 2.05) is 13.8 Å². The van der Waals surface area contributed by atoms with Gasteiger partial charge in [0.1, 0.15) is 5.69 Å². The van der Waals surface area contributed by atoms with Gasteiger partial charge in [-0.1, -0.05) is 19.9 Å². The van der Waals surface area contributed by atoms with Gasteiger partial charge in [-0.15, -0.1) is 0 Å². The minimum Gasteiger partial charge on any atom is -0.383 e. The van der Waals surface area contributed by atoms with E-state index in [-0.39, 0.29) is 11.6 Å². The number of halogens is 1. The zero-order valence-corrected chi connectivity index (χ0v) is 11.0. The standard InChI is InChI=1S/C13H19FN2O2/c1-10(2)9-16(7-8-18-3)13(17)11-5-4-6-12(14)15-11/h4-6,10H,7-9H2,1-3H3. The summed E-state index contributed by atoms with van der Waals surface area (Å²) in [6.07, 6.45) is 0. The summed E-state index contributed by atoms with van der Waals surface area (Å²) in [7, 11) is 1.58. The zero-order chi connectivity index (χ0) is 13.5. The second-order valence-electron chi connectivity index (χ2n) is 4.48. The van der Waals surface area contributed by atoms with Gasteiger partial charge in [0.15, 0.2) is 0 Å². The second-order valence-corrected chi connectivity index (χ2v) is 4.48. The van der Waals surface area contributed by atoms with Gasteiger partial charge in [-0.3, -0.25) is 4.79 Å². The van der Waals surface area contributed by atoms with E-state index in [1.165, 1.54) is 18.2 Å². The average molecular weight is 254 g/mol. The Hall–Kier alpha value is -1.49. The second kappa shape index (κ2) is 7.06. The molecule has 1 rings (SSSR count). The molecular weight excluding hydrogens is 235 g/mol. The Labute approximate surface area is 107 Å². The smallest absolute Gasteiger partial charge is 0.272 e. The summed E-state index contributed by atoms with van der Waals surface area (Å²) < 4.78 is 18.0. The highest BCUT2D eigenvalue weighted by molar-refractivity contribution is 5.92. The number of amides is 1. The van der Waals surface area contributed by atoms with Crippen LogP contribution in [0.5, 0.6) is 0 Å². The maximum absolute atomic E-state index is 13.0. The summed E-state index contributed by atoms with van der Waals surface area (Å²) in [5.41, 5.74) is 0.131. The molecule has 4 nitrogen and oxygen atoms in total. The highest BCUT2D eigenvalue weighted by Gasteiger charge is 2.18. The molecule has 1 heterocycles. The molecule has 100 valence electrons. The van der Waals surface area contributed by atoms with Gasteiger partial charge in [-0.2, -0.15) is 4.39 Å². The third-order valence-electron chi connectivity index (χ3n) is 2.37. The largest absolute Gasteiger partial charge is 0.383 e. The van der Waals surface area contributed by atoms with E-state index in [1.54, 1.807) is 12.0 Å². The molecule has 0 unspecified atom stereocenters.